The number of aryl methyl sites for hydroxylation is 1. The number of carbonyl (C=O) groups is 3. The van der Waals surface area contributed by atoms with Crippen LogP contribution in [0.2, 0.25) is 0 Å². The number of esters is 1. The Morgan fingerprint density at radius 1 is 1.13 bits per heavy atom. The maximum Gasteiger partial charge on any atom is 0.323 e. The molecule has 3 rings (SSSR count). The average Bonchev–Trinajstić information content (AvgIpc) is 3.38. The molecule has 0 spiro atoms. The Morgan fingerprint density at radius 2 is 1.81 bits per heavy atom. The van der Waals surface area contributed by atoms with Crippen LogP contribution in [0.5, 0.6) is 0 Å². The molecule has 31 heavy (non-hydrogen) atoms. The van der Waals surface area contributed by atoms with E-state index in [-0.39, 0.29) is 17.6 Å². The first kappa shape index (κ1) is 22.8. The smallest absolute Gasteiger partial charge is 0.323 e. The molecule has 2 aromatic rings. The predicted molar refractivity (Wildman–Crippen MR) is 121 cm³/mol. The van der Waals surface area contributed by atoms with Crippen LogP contribution >= 0.6 is 11.3 Å². The molecule has 3 amide bonds. The summed E-state index contributed by atoms with van der Waals surface area (Å²) in [4.78, 5) is 35.6. The van der Waals surface area contributed by atoms with E-state index in [0.717, 1.165) is 54.5 Å². The molecule has 1 fully saturated rings. The van der Waals surface area contributed by atoms with Crippen LogP contribution in [0, 0.1) is 0 Å². The fourth-order valence-corrected chi connectivity index (χ4v) is 4.73. The minimum atomic E-state index is -0.753. The second kappa shape index (κ2) is 10.4. The topological polar surface area (TPSA) is 151 Å². The molecule has 1 atom stereocenters. The Kier molecular flexibility index (Phi) is 7.64. The summed E-state index contributed by atoms with van der Waals surface area (Å²) in [5.74, 6) is -0.934. The first-order chi connectivity index (χ1) is 14.8. The summed E-state index contributed by atoms with van der Waals surface area (Å²) in [5.41, 5.74) is 18.8. The number of rotatable bonds is 9. The van der Waals surface area contributed by atoms with Gasteiger partial charge in [0.25, 0.3) is 5.91 Å². The Hall–Kier alpha value is -2.91. The number of urea groups is 1. The molecule has 1 aromatic heterocycles. The van der Waals surface area contributed by atoms with Crippen LogP contribution in [0.25, 0.3) is 10.4 Å². The second-order valence-corrected chi connectivity index (χ2v) is 8.80. The lowest BCUT2D eigenvalue weighted by atomic mass is 10.0. The SMILES string of the molecule is NC(=O)Nc1sc(-c2ccc(CCC[C@@H](N)C(=O)OC3CCCC3)cc2)cc1C(N)=O. The van der Waals surface area contributed by atoms with Crippen molar-refractivity contribution in [2.24, 2.45) is 17.2 Å². The van der Waals surface area contributed by atoms with Gasteiger partial charge in [0.05, 0.1) is 5.56 Å². The molecule has 7 N–H and O–H groups in total. The van der Waals surface area contributed by atoms with Crippen molar-refractivity contribution in [3.63, 3.8) is 0 Å². The number of benzene rings is 1. The van der Waals surface area contributed by atoms with Crippen LogP contribution in [0.4, 0.5) is 9.80 Å². The van der Waals surface area contributed by atoms with E-state index >= 15 is 0 Å². The van der Waals surface area contributed by atoms with Crippen LogP contribution in [0.15, 0.2) is 30.3 Å². The Morgan fingerprint density at radius 3 is 2.42 bits per heavy atom. The number of hydrogen-bond acceptors (Lipinski definition) is 6. The van der Waals surface area contributed by atoms with E-state index in [2.05, 4.69) is 5.32 Å². The van der Waals surface area contributed by atoms with Gasteiger partial charge in [-0.15, -0.1) is 11.3 Å². The van der Waals surface area contributed by atoms with Gasteiger partial charge in [-0.1, -0.05) is 24.3 Å². The largest absolute Gasteiger partial charge is 0.461 e. The predicted octanol–water partition coefficient (Wildman–Crippen LogP) is 3.14. The highest BCUT2D eigenvalue weighted by molar-refractivity contribution is 7.20. The molecule has 0 unspecified atom stereocenters. The number of nitrogens with two attached hydrogens (primary N) is 3. The van der Waals surface area contributed by atoms with E-state index in [9.17, 15) is 14.4 Å². The van der Waals surface area contributed by atoms with Gasteiger partial charge in [0.2, 0.25) is 0 Å². The van der Waals surface area contributed by atoms with Crippen LogP contribution < -0.4 is 22.5 Å². The maximum absolute atomic E-state index is 12.1. The number of carbonyl (C=O) groups excluding carboxylic acids is 3. The summed E-state index contributed by atoms with van der Waals surface area (Å²) < 4.78 is 5.46. The molecule has 9 heteroatoms. The molecule has 0 radical (unpaired) electrons. The molecular weight excluding hydrogens is 416 g/mol. The van der Waals surface area contributed by atoms with E-state index in [4.69, 9.17) is 21.9 Å². The van der Waals surface area contributed by atoms with Gasteiger partial charge in [0.1, 0.15) is 17.1 Å². The summed E-state index contributed by atoms with van der Waals surface area (Å²) in [6.45, 7) is 0. The normalized spacial score (nSPS) is 14.9. The van der Waals surface area contributed by atoms with Crippen molar-refractivity contribution < 1.29 is 19.1 Å². The molecule has 0 bridgehead atoms. The van der Waals surface area contributed by atoms with Gasteiger partial charge in [-0.3, -0.25) is 14.9 Å². The number of hydrogen-bond donors (Lipinski definition) is 4. The standard InChI is InChI=1S/C22H28N4O4S/c23-17(21(28)30-15-5-1-2-6-15)7-3-4-13-8-10-14(11-9-13)18-12-16(19(24)27)20(31-18)26-22(25)29/h8-12,15,17H,1-7,23H2,(H2,24,27)(H3,25,26,29)/t17-/m1/s1. The molecule has 1 aliphatic carbocycles. The molecule has 8 nitrogen and oxygen atoms in total. The van der Waals surface area contributed by atoms with Crippen molar-refractivity contribution in [2.75, 3.05) is 5.32 Å². The van der Waals surface area contributed by atoms with Crippen LogP contribution in [-0.4, -0.2) is 30.1 Å². The van der Waals surface area contributed by atoms with Crippen LogP contribution in [0.3, 0.4) is 0 Å². The van der Waals surface area contributed by atoms with E-state index in [1.54, 1.807) is 6.07 Å². The molecule has 0 aliphatic heterocycles. The second-order valence-electron chi connectivity index (χ2n) is 7.75. The van der Waals surface area contributed by atoms with E-state index in [0.29, 0.717) is 11.4 Å². The molecule has 1 saturated carbocycles. The summed E-state index contributed by atoms with van der Waals surface area (Å²) in [6, 6.07) is 8.15. The lowest BCUT2D eigenvalue weighted by molar-refractivity contribution is -0.150. The molecular formula is C22H28N4O4S. The lowest BCUT2D eigenvalue weighted by Gasteiger charge is -2.15. The van der Waals surface area contributed by atoms with Crippen molar-refractivity contribution >= 4 is 34.2 Å². The monoisotopic (exact) mass is 444 g/mol. The Balaban J connectivity index is 1.53. The summed E-state index contributed by atoms with van der Waals surface area (Å²) in [7, 11) is 0. The number of anilines is 1. The van der Waals surface area contributed by atoms with Crippen LogP contribution in [-0.2, 0) is 16.0 Å². The highest BCUT2D eigenvalue weighted by Gasteiger charge is 2.23. The zero-order valence-electron chi connectivity index (χ0n) is 17.3. The van der Waals surface area contributed by atoms with Gasteiger partial charge in [0.15, 0.2) is 0 Å². The third kappa shape index (κ3) is 6.28. The van der Waals surface area contributed by atoms with Crippen molar-refractivity contribution in [3.8, 4) is 10.4 Å². The van der Waals surface area contributed by atoms with Gasteiger partial charge in [-0.25, -0.2) is 4.79 Å². The number of primary amides is 2. The number of nitrogens with one attached hydrogen (secondary N) is 1. The third-order valence-electron chi connectivity index (χ3n) is 5.34. The minimum Gasteiger partial charge on any atom is -0.461 e. The zero-order chi connectivity index (χ0) is 22.4. The zero-order valence-corrected chi connectivity index (χ0v) is 18.1. The lowest BCUT2D eigenvalue weighted by Crippen LogP contribution is -2.34. The quantitative estimate of drug-likeness (QED) is 0.438. The van der Waals surface area contributed by atoms with E-state index < -0.39 is 18.0 Å². The van der Waals surface area contributed by atoms with E-state index in [1.807, 2.05) is 24.3 Å². The number of ether oxygens (including phenoxy) is 1. The number of thiophene rings is 1. The Labute approximate surface area is 185 Å². The Bertz CT molecular complexity index is 935. The highest BCUT2D eigenvalue weighted by Crippen LogP contribution is 2.35. The van der Waals surface area contributed by atoms with Crippen molar-refractivity contribution in [2.45, 2.75) is 57.1 Å². The third-order valence-corrected chi connectivity index (χ3v) is 6.44. The fourth-order valence-electron chi connectivity index (χ4n) is 3.66. The molecule has 1 heterocycles. The van der Waals surface area contributed by atoms with E-state index in [1.165, 1.54) is 11.3 Å². The summed E-state index contributed by atoms with van der Waals surface area (Å²) in [5, 5.41) is 2.76. The molecule has 1 aromatic carbocycles. The van der Waals surface area contributed by atoms with Gasteiger partial charge < -0.3 is 21.9 Å². The molecule has 166 valence electrons. The average molecular weight is 445 g/mol. The minimum absolute atomic E-state index is 0.0390. The van der Waals surface area contributed by atoms with Crippen LogP contribution in [0.1, 0.15) is 54.4 Å². The van der Waals surface area contributed by atoms with Crippen molar-refractivity contribution in [1.82, 2.24) is 0 Å². The molecule has 0 saturated heterocycles. The summed E-state index contributed by atoms with van der Waals surface area (Å²) >= 11 is 1.23. The number of amides is 3. The molecule has 1 aliphatic rings. The van der Waals surface area contributed by atoms with Crippen molar-refractivity contribution in [1.29, 1.82) is 0 Å². The van der Waals surface area contributed by atoms with Crippen molar-refractivity contribution in [3.05, 3.63) is 41.5 Å². The van der Waals surface area contributed by atoms with Gasteiger partial charge in [-0.2, -0.15) is 0 Å². The highest BCUT2D eigenvalue weighted by atomic mass is 32.1. The fraction of sp³-hybridized carbons (Fsp3) is 0.409. The van der Waals surface area contributed by atoms with Gasteiger partial charge in [-0.05, 0) is 62.1 Å². The van der Waals surface area contributed by atoms with Gasteiger partial charge >= 0.3 is 12.0 Å². The maximum atomic E-state index is 12.1. The summed E-state index contributed by atoms with van der Waals surface area (Å²) in [6.07, 6.45) is 6.28. The van der Waals surface area contributed by atoms with Gasteiger partial charge in [0, 0.05) is 4.88 Å². The first-order valence-corrected chi connectivity index (χ1v) is 11.2. The first-order valence-electron chi connectivity index (χ1n) is 10.4.